The molecule has 0 aliphatic rings. The van der Waals surface area contributed by atoms with Gasteiger partial charge in [-0.3, -0.25) is 24.0 Å². The molecule has 4 amide bonds. The Balaban J connectivity index is 2.35. The topological polar surface area (TPSA) is 247 Å². The van der Waals surface area contributed by atoms with E-state index in [1.807, 2.05) is 6.07 Å². The maximum absolute atomic E-state index is 13.4. The minimum absolute atomic E-state index is 0.0800. The van der Waals surface area contributed by atoms with Crippen LogP contribution in [0.1, 0.15) is 38.7 Å². The highest BCUT2D eigenvalue weighted by Gasteiger charge is 2.33. The highest BCUT2D eigenvalue weighted by molar-refractivity contribution is 5.96. The number of benzene rings is 1. The summed E-state index contributed by atoms with van der Waals surface area (Å²) in [4.78, 5) is 75.9. The van der Waals surface area contributed by atoms with Crippen LogP contribution in [0.25, 0.3) is 10.9 Å². The van der Waals surface area contributed by atoms with Gasteiger partial charge in [0.1, 0.15) is 18.1 Å². The van der Waals surface area contributed by atoms with E-state index in [1.165, 1.54) is 0 Å². The number of H-pyrrole nitrogens is 1. The zero-order chi connectivity index (χ0) is 29.3. The fourth-order valence-corrected chi connectivity index (χ4v) is 3.91. The van der Waals surface area contributed by atoms with Gasteiger partial charge in [0.05, 0.1) is 18.9 Å². The van der Waals surface area contributed by atoms with Crippen LogP contribution < -0.4 is 27.4 Å². The van der Waals surface area contributed by atoms with Crippen molar-refractivity contribution in [3.63, 3.8) is 0 Å². The van der Waals surface area contributed by atoms with Gasteiger partial charge in [0.25, 0.3) is 0 Å². The van der Waals surface area contributed by atoms with Gasteiger partial charge >= 0.3 is 11.9 Å². The predicted octanol–water partition coefficient (Wildman–Crippen LogP) is -1.03. The molecule has 2 rings (SSSR count). The Morgan fingerprint density at radius 1 is 0.923 bits per heavy atom. The highest BCUT2D eigenvalue weighted by Crippen LogP contribution is 2.20. The highest BCUT2D eigenvalue weighted by atomic mass is 16.4. The molecule has 0 fully saturated rings. The summed E-state index contributed by atoms with van der Waals surface area (Å²) in [6.45, 7) is 3.46. The number of amides is 4. The number of aliphatic carboxylic acids is 2. The monoisotopic (exact) mass is 546 g/mol. The zero-order valence-corrected chi connectivity index (χ0v) is 21.6. The number of carboxylic acids is 2. The van der Waals surface area contributed by atoms with Gasteiger partial charge in [0, 0.05) is 23.5 Å². The molecule has 1 aromatic heterocycles. The van der Waals surface area contributed by atoms with E-state index in [4.69, 9.17) is 16.6 Å². The number of hydrogen-bond acceptors (Lipinski definition) is 7. The van der Waals surface area contributed by atoms with E-state index < -0.39 is 78.5 Å². The second kappa shape index (κ2) is 13.9. The van der Waals surface area contributed by atoms with Crippen LogP contribution >= 0.6 is 0 Å². The number of hydrogen-bond donors (Lipinski definition) is 8. The summed E-state index contributed by atoms with van der Waals surface area (Å²) in [5.41, 5.74) is 12.2. The minimum Gasteiger partial charge on any atom is -0.481 e. The second-order valence-electron chi connectivity index (χ2n) is 9.27. The smallest absolute Gasteiger partial charge is 0.326 e. The number of aromatic amines is 1. The number of para-hydroxylation sites is 1. The van der Waals surface area contributed by atoms with E-state index in [0.717, 1.165) is 10.9 Å². The first-order valence-corrected chi connectivity index (χ1v) is 12.3. The first-order valence-electron chi connectivity index (χ1n) is 12.3. The van der Waals surface area contributed by atoms with Gasteiger partial charge in [-0.2, -0.15) is 0 Å². The van der Waals surface area contributed by atoms with Crippen LogP contribution in [0.3, 0.4) is 0 Å². The molecule has 10 N–H and O–H groups in total. The van der Waals surface area contributed by atoms with Gasteiger partial charge < -0.3 is 42.6 Å². The fraction of sp³-hybridized carbons (Fsp3) is 0.440. The molecule has 1 aromatic carbocycles. The average molecular weight is 547 g/mol. The molecular weight excluding hydrogens is 512 g/mol. The van der Waals surface area contributed by atoms with Crippen molar-refractivity contribution < 1.29 is 39.0 Å². The SMILES string of the molecule is CCC(C)C(NC(=O)C(N)CC(N)=O)C(=O)NC(Cc1c[nH]c2ccccc12)C(=O)NC(CC(=O)O)C(=O)O. The maximum atomic E-state index is 13.4. The first kappa shape index (κ1) is 30.8. The van der Waals surface area contributed by atoms with Gasteiger partial charge in [-0.15, -0.1) is 0 Å². The lowest BCUT2D eigenvalue weighted by Crippen LogP contribution is -2.59. The molecule has 1 heterocycles. The summed E-state index contributed by atoms with van der Waals surface area (Å²) in [5, 5.41) is 26.4. The molecule has 14 nitrogen and oxygen atoms in total. The van der Waals surface area contributed by atoms with Crippen LogP contribution in [0.5, 0.6) is 0 Å². The Hall–Kier alpha value is -4.46. The van der Waals surface area contributed by atoms with Crippen molar-refractivity contribution in [3.05, 3.63) is 36.0 Å². The second-order valence-corrected chi connectivity index (χ2v) is 9.27. The summed E-state index contributed by atoms with van der Waals surface area (Å²) >= 11 is 0. The first-order chi connectivity index (χ1) is 18.3. The Morgan fingerprint density at radius 3 is 2.15 bits per heavy atom. The molecule has 0 bridgehead atoms. The number of carbonyl (C=O) groups is 6. The Morgan fingerprint density at radius 2 is 1.56 bits per heavy atom. The number of fused-ring (bicyclic) bond motifs is 1. The van der Waals surface area contributed by atoms with Crippen LogP contribution in [0.15, 0.2) is 30.5 Å². The van der Waals surface area contributed by atoms with Crippen LogP contribution in [-0.2, 0) is 35.2 Å². The van der Waals surface area contributed by atoms with Crippen LogP contribution in [0.2, 0.25) is 0 Å². The maximum Gasteiger partial charge on any atom is 0.326 e. The van der Waals surface area contributed by atoms with Gasteiger partial charge in [0.15, 0.2) is 0 Å². The molecule has 5 atom stereocenters. The summed E-state index contributed by atoms with van der Waals surface area (Å²) in [5.74, 6) is -6.70. The lowest BCUT2D eigenvalue weighted by atomic mass is 9.96. The van der Waals surface area contributed by atoms with Crippen molar-refractivity contribution in [1.29, 1.82) is 0 Å². The Bertz CT molecular complexity index is 1230. The molecule has 5 unspecified atom stereocenters. The number of rotatable bonds is 15. The van der Waals surface area contributed by atoms with Crippen LogP contribution in [0.4, 0.5) is 0 Å². The number of aromatic nitrogens is 1. The standard InChI is InChI=1S/C25H34N6O8/c1-3-12(2)21(31-22(35)15(26)9-19(27)32)24(37)29-17(23(36)30-18(25(38)39)10-20(33)34)8-13-11-28-16-7-5-4-6-14(13)16/h4-7,11-12,15,17-18,21,28H,3,8-10,26H2,1-2H3,(H2,27,32)(H,29,37)(H,30,36)(H,31,35)(H,33,34)(H,38,39). The molecule has 0 saturated heterocycles. The molecule has 0 aliphatic carbocycles. The third-order valence-electron chi connectivity index (χ3n) is 6.28. The number of carboxylic acid groups (broad SMARTS) is 2. The summed E-state index contributed by atoms with van der Waals surface area (Å²) in [7, 11) is 0. The van der Waals surface area contributed by atoms with Crippen molar-refractivity contribution in [3.8, 4) is 0 Å². The van der Waals surface area contributed by atoms with E-state index in [9.17, 15) is 33.9 Å². The number of nitrogens with one attached hydrogen (secondary N) is 4. The van der Waals surface area contributed by atoms with Crippen molar-refractivity contribution in [2.45, 2.75) is 63.7 Å². The average Bonchev–Trinajstić information content (AvgIpc) is 3.27. The summed E-state index contributed by atoms with van der Waals surface area (Å²) < 4.78 is 0. The van der Waals surface area contributed by atoms with Gasteiger partial charge in [-0.1, -0.05) is 38.5 Å². The number of primary amides is 1. The molecule has 0 aliphatic heterocycles. The van der Waals surface area contributed by atoms with E-state index in [1.54, 1.807) is 38.2 Å². The number of carbonyl (C=O) groups excluding carboxylic acids is 4. The van der Waals surface area contributed by atoms with Crippen molar-refractivity contribution in [2.24, 2.45) is 17.4 Å². The quantitative estimate of drug-likeness (QED) is 0.136. The van der Waals surface area contributed by atoms with Crippen molar-refractivity contribution >= 4 is 46.5 Å². The molecule has 212 valence electrons. The van der Waals surface area contributed by atoms with Crippen LogP contribution in [-0.4, -0.2) is 74.9 Å². The Labute approximate surface area is 223 Å². The van der Waals surface area contributed by atoms with Crippen molar-refractivity contribution in [1.82, 2.24) is 20.9 Å². The van der Waals surface area contributed by atoms with E-state index >= 15 is 0 Å². The summed E-state index contributed by atoms with van der Waals surface area (Å²) in [6, 6.07) is 1.66. The molecule has 0 radical (unpaired) electrons. The van der Waals surface area contributed by atoms with E-state index in [2.05, 4.69) is 20.9 Å². The van der Waals surface area contributed by atoms with Gasteiger partial charge in [0.2, 0.25) is 23.6 Å². The lowest BCUT2D eigenvalue weighted by molar-refractivity contribution is -0.147. The largest absolute Gasteiger partial charge is 0.481 e. The Kier molecular flexibility index (Phi) is 11.0. The normalized spacial score (nSPS) is 14.8. The third-order valence-corrected chi connectivity index (χ3v) is 6.28. The van der Waals surface area contributed by atoms with Crippen molar-refractivity contribution in [2.75, 3.05) is 0 Å². The van der Waals surface area contributed by atoms with E-state index in [0.29, 0.717) is 12.0 Å². The minimum atomic E-state index is -1.74. The molecule has 0 saturated carbocycles. The molecule has 2 aromatic rings. The molecular formula is C25H34N6O8. The molecule has 0 spiro atoms. The van der Waals surface area contributed by atoms with Gasteiger partial charge in [-0.25, -0.2) is 4.79 Å². The molecule has 14 heteroatoms. The zero-order valence-electron chi connectivity index (χ0n) is 21.6. The van der Waals surface area contributed by atoms with E-state index in [-0.39, 0.29) is 6.42 Å². The number of nitrogens with two attached hydrogens (primary N) is 2. The predicted molar refractivity (Wildman–Crippen MR) is 139 cm³/mol. The molecule has 39 heavy (non-hydrogen) atoms. The third kappa shape index (κ3) is 8.81. The van der Waals surface area contributed by atoms with Gasteiger partial charge in [-0.05, 0) is 17.5 Å². The lowest BCUT2D eigenvalue weighted by Gasteiger charge is -2.27. The van der Waals surface area contributed by atoms with Crippen LogP contribution in [0, 0.1) is 5.92 Å². The summed E-state index contributed by atoms with van der Waals surface area (Å²) in [6.07, 6.45) is 0.691. The fourth-order valence-electron chi connectivity index (χ4n) is 3.91.